The van der Waals surface area contributed by atoms with Crippen LogP contribution in [-0.4, -0.2) is 21.5 Å². The summed E-state index contributed by atoms with van der Waals surface area (Å²) < 4.78 is 27.6. The zero-order valence-electron chi connectivity index (χ0n) is 20.6. The van der Waals surface area contributed by atoms with E-state index in [2.05, 4.69) is 20.8 Å². The Bertz CT molecular complexity index is 356. The first-order chi connectivity index (χ1) is 13.9. The summed E-state index contributed by atoms with van der Waals surface area (Å²) >= 11 is 0. The van der Waals surface area contributed by atoms with E-state index in [9.17, 15) is 0 Å². The number of alkyl halides is 1. The van der Waals surface area contributed by atoms with Crippen LogP contribution in [0.25, 0.3) is 0 Å². The summed E-state index contributed by atoms with van der Waals surface area (Å²) in [6.45, 7) is 8.63. The molecule has 176 valence electrons. The lowest BCUT2D eigenvalue weighted by molar-refractivity contribution is -0.102. The SMILES string of the molecule is CCCCCCCCCCCCC(F)(CCCCCCC)O[Si](C)(CCC)OC. The van der Waals surface area contributed by atoms with Gasteiger partial charge in [-0.1, -0.05) is 111 Å². The molecular weight excluding hydrogens is 379 g/mol. The summed E-state index contributed by atoms with van der Waals surface area (Å²) in [5, 5.41) is 0. The van der Waals surface area contributed by atoms with E-state index in [4.69, 9.17) is 8.85 Å². The summed E-state index contributed by atoms with van der Waals surface area (Å²) in [4.78, 5) is 0. The number of rotatable bonds is 22. The summed E-state index contributed by atoms with van der Waals surface area (Å²) in [7, 11) is -0.708. The Morgan fingerprint density at radius 3 is 1.34 bits per heavy atom. The van der Waals surface area contributed by atoms with Crippen molar-refractivity contribution in [3.05, 3.63) is 0 Å². The van der Waals surface area contributed by atoms with Gasteiger partial charge >= 0.3 is 8.56 Å². The maximum absolute atomic E-state index is 15.8. The minimum absolute atomic E-state index is 0.532. The molecular formula is C25H53FO2Si. The minimum Gasteiger partial charge on any atom is -0.398 e. The Morgan fingerprint density at radius 2 is 1.00 bits per heavy atom. The maximum Gasteiger partial charge on any atom is 0.337 e. The molecule has 0 aromatic heterocycles. The van der Waals surface area contributed by atoms with Crippen molar-refractivity contribution in [2.24, 2.45) is 0 Å². The highest BCUT2D eigenvalue weighted by molar-refractivity contribution is 6.66. The Hall–Kier alpha value is 0.0669. The lowest BCUT2D eigenvalue weighted by Crippen LogP contribution is -2.46. The van der Waals surface area contributed by atoms with Crippen LogP contribution < -0.4 is 0 Å². The summed E-state index contributed by atoms with van der Waals surface area (Å²) in [6, 6.07) is 0.864. The van der Waals surface area contributed by atoms with Crippen molar-refractivity contribution in [3.63, 3.8) is 0 Å². The van der Waals surface area contributed by atoms with Crippen LogP contribution in [0, 0.1) is 0 Å². The molecule has 0 fully saturated rings. The molecule has 0 saturated heterocycles. The van der Waals surface area contributed by atoms with E-state index >= 15 is 4.39 Å². The van der Waals surface area contributed by atoms with Crippen LogP contribution in [0.4, 0.5) is 4.39 Å². The fourth-order valence-corrected chi connectivity index (χ4v) is 6.41. The number of hydrogen-bond acceptors (Lipinski definition) is 2. The first-order valence-corrected chi connectivity index (χ1v) is 15.4. The zero-order chi connectivity index (χ0) is 21.8. The van der Waals surface area contributed by atoms with Crippen molar-refractivity contribution in [2.45, 2.75) is 155 Å². The Kier molecular flexibility index (Phi) is 18.8. The van der Waals surface area contributed by atoms with Gasteiger partial charge in [-0.2, -0.15) is 0 Å². The number of hydrogen-bond donors (Lipinski definition) is 0. The van der Waals surface area contributed by atoms with Crippen molar-refractivity contribution < 1.29 is 13.2 Å². The standard InChI is InChI=1S/C25H53FO2Si/c1-6-9-11-13-14-15-16-17-19-21-23-25(26,22-20-18-12-10-7-2)28-29(5,27-4)24-8-3/h6-24H2,1-5H3. The van der Waals surface area contributed by atoms with Crippen molar-refractivity contribution in [1.82, 2.24) is 0 Å². The molecule has 0 aliphatic rings. The topological polar surface area (TPSA) is 18.5 Å². The van der Waals surface area contributed by atoms with E-state index < -0.39 is 14.4 Å². The molecule has 2 atom stereocenters. The van der Waals surface area contributed by atoms with E-state index in [1.54, 1.807) is 7.11 Å². The molecule has 0 rings (SSSR count). The third-order valence-corrected chi connectivity index (χ3v) is 9.16. The predicted molar refractivity (Wildman–Crippen MR) is 128 cm³/mol. The van der Waals surface area contributed by atoms with Gasteiger partial charge in [0.05, 0.1) is 0 Å². The van der Waals surface area contributed by atoms with Crippen LogP contribution in [0.2, 0.25) is 12.6 Å². The van der Waals surface area contributed by atoms with Crippen LogP contribution in [0.5, 0.6) is 0 Å². The maximum atomic E-state index is 15.8. The van der Waals surface area contributed by atoms with Crippen molar-refractivity contribution in [1.29, 1.82) is 0 Å². The van der Waals surface area contributed by atoms with Gasteiger partial charge in [-0.25, -0.2) is 4.39 Å². The molecule has 0 aromatic rings. The molecule has 2 unspecified atom stereocenters. The van der Waals surface area contributed by atoms with Gasteiger partial charge < -0.3 is 8.85 Å². The normalized spacial score (nSPS) is 15.9. The highest BCUT2D eigenvalue weighted by atomic mass is 28.4. The number of unbranched alkanes of at least 4 members (excludes halogenated alkanes) is 13. The quantitative estimate of drug-likeness (QED) is 0.125. The van der Waals surface area contributed by atoms with Gasteiger partial charge in [-0.05, 0) is 25.4 Å². The second-order valence-electron chi connectivity index (χ2n) is 9.17. The molecule has 0 aromatic carbocycles. The first kappa shape index (κ1) is 29.1. The first-order valence-electron chi connectivity index (χ1n) is 12.9. The van der Waals surface area contributed by atoms with Gasteiger partial charge in [-0.3, -0.25) is 0 Å². The lowest BCUT2D eigenvalue weighted by atomic mass is 10.00. The molecule has 0 radical (unpaired) electrons. The fourth-order valence-electron chi connectivity index (χ4n) is 4.13. The molecule has 2 nitrogen and oxygen atoms in total. The van der Waals surface area contributed by atoms with Gasteiger partial charge in [0, 0.05) is 20.0 Å². The van der Waals surface area contributed by atoms with E-state index in [0.717, 1.165) is 38.1 Å². The van der Waals surface area contributed by atoms with Gasteiger partial charge in [-0.15, -0.1) is 0 Å². The largest absolute Gasteiger partial charge is 0.398 e. The summed E-state index contributed by atoms with van der Waals surface area (Å²) in [6.07, 6.45) is 20.5. The lowest BCUT2D eigenvalue weighted by Gasteiger charge is -2.35. The van der Waals surface area contributed by atoms with Gasteiger partial charge in [0.1, 0.15) is 0 Å². The molecule has 0 N–H and O–H groups in total. The van der Waals surface area contributed by atoms with Crippen molar-refractivity contribution >= 4 is 8.56 Å². The van der Waals surface area contributed by atoms with E-state index in [1.807, 2.05) is 6.55 Å². The molecule has 0 aliphatic carbocycles. The van der Waals surface area contributed by atoms with Crippen molar-refractivity contribution in [3.8, 4) is 0 Å². The Morgan fingerprint density at radius 1 is 0.621 bits per heavy atom. The van der Waals surface area contributed by atoms with Crippen LogP contribution in [0.15, 0.2) is 0 Å². The van der Waals surface area contributed by atoms with Crippen LogP contribution in [0.1, 0.15) is 136 Å². The molecule has 0 saturated carbocycles. The molecule has 0 amide bonds. The zero-order valence-corrected chi connectivity index (χ0v) is 21.6. The molecule has 4 heteroatoms. The second-order valence-corrected chi connectivity index (χ2v) is 12.5. The third kappa shape index (κ3) is 16.4. The van der Waals surface area contributed by atoms with E-state index in [1.165, 1.54) is 70.6 Å². The highest BCUT2D eigenvalue weighted by Gasteiger charge is 2.41. The molecule has 0 bridgehead atoms. The number of halogens is 1. The monoisotopic (exact) mass is 432 g/mol. The van der Waals surface area contributed by atoms with Crippen LogP contribution in [-0.2, 0) is 8.85 Å². The predicted octanol–water partition coefficient (Wildman–Crippen LogP) is 9.47. The molecule has 29 heavy (non-hydrogen) atoms. The van der Waals surface area contributed by atoms with Crippen molar-refractivity contribution in [2.75, 3.05) is 7.11 Å². The fraction of sp³-hybridized carbons (Fsp3) is 1.00. The second kappa shape index (κ2) is 18.8. The Balaban J connectivity index is 4.29. The summed E-state index contributed by atoms with van der Waals surface area (Å²) in [5.41, 5.74) is 0. The van der Waals surface area contributed by atoms with E-state index in [-0.39, 0.29) is 0 Å². The van der Waals surface area contributed by atoms with Crippen LogP contribution in [0.3, 0.4) is 0 Å². The van der Waals surface area contributed by atoms with Gasteiger partial charge in [0.2, 0.25) is 5.85 Å². The van der Waals surface area contributed by atoms with Gasteiger partial charge in [0.15, 0.2) is 0 Å². The molecule has 0 heterocycles. The van der Waals surface area contributed by atoms with E-state index in [0.29, 0.717) is 12.8 Å². The highest BCUT2D eigenvalue weighted by Crippen LogP contribution is 2.33. The molecule has 0 aliphatic heterocycles. The summed E-state index contributed by atoms with van der Waals surface area (Å²) in [5.74, 6) is -1.49. The average Bonchev–Trinajstić information content (AvgIpc) is 2.69. The minimum atomic E-state index is -2.41. The Labute approximate surface area is 184 Å². The smallest absolute Gasteiger partial charge is 0.337 e. The van der Waals surface area contributed by atoms with Gasteiger partial charge in [0.25, 0.3) is 0 Å². The average molecular weight is 433 g/mol. The van der Waals surface area contributed by atoms with Crippen LogP contribution >= 0.6 is 0 Å². The molecule has 0 spiro atoms. The third-order valence-electron chi connectivity index (χ3n) is 6.09.